The summed E-state index contributed by atoms with van der Waals surface area (Å²) in [6.45, 7) is 0. The zero-order valence-corrected chi connectivity index (χ0v) is 9.85. The maximum absolute atomic E-state index is 4.32. The molecule has 0 saturated heterocycles. The zero-order chi connectivity index (χ0) is 10.7. The van der Waals surface area contributed by atoms with Crippen LogP contribution in [0.25, 0.3) is 11.4 Å². The first-order valence-corrected chi connectivity index (χ1v) is 4.54. The predicted molar refractivity (Wildman–Crippen MR) is 64.6 cm³/mol. The normalized spacial score (nSPS) is 9.38. The SMILES string of the molecule is CN(C)c1ncnc(-c2ccncc2)n1.Cl. The Morgan fingerprint density at radius 3 is 2.38 bits per heavy atom. The van der Waals surface area contributed by atoms with E-state index in [0.29, 0.717) is 11.8 Å². The molecule has 0 aliphatic rings. The second kappa shape index (κ2) is 5.37. The van der Waals surface area contributed by atoms with Crippen molar-refractivity contribution in [1.82, 2.24) is 19.9 Å². The standard InChI is InChI=1S/C10H11N5.ClH/c1-15(2)10-13-7-12-9(14-10)8-3-5-11-6-4-8;/h3-7H,1-2H3;1H. The third-order valence-electron chi connectivity index (χ3n) is 1.90. The number of aromatic nitrogens is 4. The van der Waals surface area contributed by atoms with Gasteiger partial charge in [0.25, 0.3) is 0 Å². The first-order valence-electron chi connectivity index (χ1n) is 4.54. The highest BCUT2D eigenvalue weighted by molar-refractivity contribution is 5.85. The number of halogens is 1. The van der Waals surface area contributed by atoms with E-state index in [1.807, 2.05) is 31.1 Å². The number of anilines is 1. The summed E-state index contributed by atoms with van der Waals surface area (Å²) in [6, 6.07) is 3.74. The van der Waals surface area contributed by atoms with E-state index in [1.54, 1.807) is 12.4 Å². The number of nitrogens with zero attached hydrogens (tertiary/aromatic N) is 5. The molecule has 0 aliphatic heterocycles. The molecule has 6 heteroatoms. The van der Waals surface area contributed by atoms with E-state index in [2.05, 4.69) is 19.9 Å². The van der Waals surface area contributed by atoms with Crippen LogP contribution >= 0.6 is 12.4 Å². The van der Waals surface area contributed by atoms with E-state index < -0.39 is 0 Å². The molecule has 2 heterocycles. The van der Waals surface area contributed by atoms with Crippen molar-refractivity contribution >= 4 is 18.4 Å². The molecule has 0 amide bonds. The third kappa shape index (κ3) is 2.64. The van der Waals surface area contributed by atoms with E-state index in [4.69, 9.17) is 0 Å². The van der Waals surface area contributed by atoms with E-state index in [0.717, 1.165) is 5.56 Å². The number of hydrogen-bond acceptors (Lipinski definition) is 5. The highest BCUT2D eigenvalue weighted by atomic mass is 35.5. The average Bonchev–Trinajstić information content (AvgIpc) is 2.30. The Kier molecular flexibility index (Phi) is 4.13. The smallest absolute Gasteiger partial charge is 0.228 e. The molecule has 2 rings (SSSR count). The van der Waals surface area contributed by atoms with Crippen molar-refractivity contribution in [3.8, 4) is 11.4 Å². The highest BCUT2D eigenvalue weighted by Crippen LogP contribution is 2.13. The molecule has 2 aromatic heterocycles. The lowest BCUT2D eigenvalue weighted by molar-refractivity contribution is 0.961. The third-order valence-corrected chi connectivity index (χ3v) is 1.90. The van der Waals surface area contributed by atoms with Gasteiger partial charge >= 0.3 is 0 Å². The summed E-state index contributed by atoms with van der Waals surface area (Å²) in [5.41, 5.74) is 0.940. The quantitative estimate of drug-likeness (QED) is 0.791. The molecule has 0 fully saturated rings. The van der Waals surface area contributed by atoms with Crippen molar-refractivity contribution in [1.29, 1.82) is 0 Å². The topological polar surface area (TPSA) is 54.8 Å². The van der Waals surface area contributed by atoms with Crippen LogP contribution in [0.15, 0.2) is 30.9 Å². The molecule has 2 aromatic rings. The Labute approximate surface area is 100 Å². The van der Waals surface area contributed by atoms with Crippen LogP contribution in [0.2, 0.25) is 0 Å². The molecule has 0 N–H and O–H groups in total. The van der Waals surface area contributed by atoms with Crippen molar-refractivity contribution in [2.24, 2.45) is 0 Å². The van der Waals surface area contributed by atoms with Crippen LogP contribution in [-0.4, -0.2) is 34.0 Å². The Morgan fingerprint density at radius 2 is 1.75 bits per heavy atom. The fraction of sp³-hybridized carbons (Fsp3) is 0.200. The Hall–Kier alpha value is -1.75. The lowest BCUT2D eigenvalue weighted by Gasteiger charge is -2.09. The molecule has 0 aliphatic carbocycles. The zero-order valence-electron chi connectivity index (χ0n) is 9.03. The van der Waals surface area contributed by atoms with E-state index in [9.17, 15) is 0 Å². The minimum Gasteiger partial charge on any atom is -0.347 e. The Balaban J connectivity index is 0.00000128. The van der Waals surface area contributed by atoms with E-state index in [-0.39, 0.29) is 12.4 Å². The summed E-state index contributed by atoms with van der Waals surface area (Å²) in [5.74, 6) is 1.31. The molecule has 0 atom stereocenters. The second-order valence-corrected chi connectivity index (χ2v) is 3.24. The Morgan fingerprint density at radius 1 is 1.06 bits per heavy atom. The number of hydrogen-bond donors (Lipinski definition) is 0. The molecular formula is C10H12ClN5. The summed E-state index contributed by atoms with van der Waals surface area (Å²) < 4.78 is 0. The molecule has 16 heavy (non-hydrogen) atoms. The summed E-state index contributed by atoms with van der Waals surface area (Å²) in [5, 5.41) is 0. The van der Waals surface area contributed by atoms with Gasteiger partial charge in [0.2, 0.25) is 5.95 Å². The van der Waals surface area contributed by atoms with Crippen LogP contribution in [0.3, 0.4) is 0 Å². The molecule has 0 radical (unpaired) electrons. The lowest BCUT2D eigenvalue weighted by atomic mass is 10.2. The maximum atomic E-state index is 4.32. The van der Waals surface area contributed by atoms with Crippen molar-refractivity contribution < 1.29 is 0 Å². The van der Waals surface area contributed by atoms with Crippen LogP contribution in [0.1, 0.15) is 0 Å². The minimum atomic E-state index is 0. The van der Waals surface area contributed by atoms with Crippen LogP contribution in [0.5, 0.6) is 0 Å². The molecular weight excluding hydrogens is 226 g/mol. The summed E-state index contributed by atoms with van der Waals surface area (Å²) in [6.07, 6.45) is 4.95. The molecule has 0 aromatic carbocycles. The maximum Gasteiger partial charge on any atom is 0.228 e. The number of rotatable bonds is 2. The van der Waals surface area contributed by atoms with Gasteiger partial charge < -0.3 is 4.90 Å². The molecule has 0 saturated carbocycles. The fourth-order valence-electron chi connectivity index (χ4n) is 1.14. The van der Waals surface area contributed by atoms with Crippen LogP contribution in [0.4, 0.5) is 5.95 Å². The van der Waals surface area contributed by atoms with Gasteiger partial charge in [-0.05, 0) is 12.1 Å². The molecule has 0 unspecified atom stereocenters. The van der Waals surface area contributed by atoms with Gasteiger partial charge in [0, 0.05) is 32.1 Å². The molecule has 5 nitrogen and oxygen atoms in total. The van der Waals surface area contributed by atoms with Gasteiger partial charge in [-0.3, -0.25) is 4.98 Å². The summed E-state index contributed by atoms with van der Waals surface area (Å²) in [7, 11) is 3.79. The average molecular weight is 238 g/mol. The first-order chi connectivity index (χ1) is 7.27. The van der Waals surface area contributed by atoms with Crippen molar-refractivity contribution in [3.05, 3.63) is 30.9 Å². The lowest BCUT2D eigenvalue weighted by Crippen LogP contribution is -2.13. The number of pyridine rings is 1. The van der Waals surface area contributed by atoms with Crippen molar-refractivity contribution in [2.75, 3.05) is 19.0 Å². The van der Waals surface area contributed by atoms with Gasteiger partial charge in [-0.15, -0.1) is 12.4 Å². The van der Waals surface area contributed by atoms with Gasteiger partial charge in [0.15, 0.2) is 5.82 Å². The molecule has 84 valence electrons. The van der Waals surface area contributed by atoms with Crippen LogP contribution in [0, 0.1) is 0 Å². The second-order valence-electron chi connectivity index (χ2n) is 3.24. The van der Waals surface area contributed by atoms with E-state index in [1.165, 1.54) is 6.33 Å². The van der Waals surface area contributed by atoms with E-state index >= 15 is 0 Å². The van der Waals surface area contributed by atoms with Gasteiger partial charge in [-0.1, -0.05) is 0 Å². The highest BCUT2D eigenvalue weighted by Gasteiger charge is 2.03. The molecule has 0 bridgehead atoms. The van der Waals surface area contributed by atoms with Gasteiger partial charge in [-0.25, -0.2) is 9.97 Å². The fourth-order valence-corrected chi connectivity index (χ4v) is 1.14. The monoisotopic (exact) mass is 237 g/mol. The summed E-state index contributed by atoms with van der Waals surface area (Å²) in [4.78, 5) is 18.3. The van der Waals surface area contributed by atoms with Gasteiger partial charge in [0.1, 0.15) is 6.33 Å². The van der Waals surface area contributed by atoms with Crippen molar-refractivity contribution in [3.63, 3.8) is 0 Å². The summed E-state index contributed by atoms with van der Waals surface area (Å²) >= 11 is 0. The van der Waals surface area contributed by atoms with Crippen molar-refractivity contribution in [2.45, 2.75) is 0 Å². The minimum absolute atomic E-state index is 0. The van der Waals surface area contributed by atoms with Gasteiger partial charge in [0.05, 0.1) is 0 Å². The van der Waals surface area contributed by atoms with Crippen LogP contribution < -0.4 is 4.90 Å². The van der Waals surface area contributed by atoms with Crippen LogP contribution in [-0.2, 0) is 0 Å². The van der Waals surface area contributed by atoms with Gasteiger partial charge in [-0.2, -0.15) is 4.98 Å². The first kappa shape index (κ1) is 12.3. The molecule has 0 spiro atoms. The largest absolute Gasteiger partial charge is 0.347 e. The predicted octanol–water partition coefficient (Wildman–Crippen LogP) is 1.42. The Bertz CT molecular complexity index is 446.